The number of esters is 1. The van der Waals surface area contributed by atoms with Gasteiger partial charge in [0.1, 0.15) is 5.75 Å². The van der Waals surface area contributed by atoms with Gasteiger partial charge >= 0.3 is 5.97 Å². The molecule has 0 heterocycles. The molecule has 26 heavy (non-hydrogen) atoms. The fourth-order valence-electron chi connectivity index (χ4n) is 2.22. The third-order valence-corrected chi connectivity index (χ3v) is 3.63. The van der Waals surface area contributed by atoms with Crippen molar-refractivity contribution in [3.63, 3.8) is 0 Å². The third kappa shape index (κ3) is 5.17. The van der Waals surface area contributed by atoms with Gasteiger partial charge in [0.05, 0.1) is 0 Å². The molecule has 6 nitrogen and oxygen atoms in total. The molecule has 0 N–H and O–H groups in total. The number of amides is 1. The highest BCUT2D eigenvalue weighted by Gasteiger charge is 2.26. The number of ketones is 1. The van der Waals surface area contributed by atoms with Crippen LogP contribution >= 0.6 is 0 Å². The Bertz CT molecular complexity index is 769. The van der Waals surface area contributed by atoms with E-state index in [-0.39, 0.29) is 18.3 Å². The molecule has 2 rings (SSSR count). The molecule has 0 aliphatic heterocycles. The smallest absolute Gasteiger partial charge is 0.345 e. The highest BCUT2D eigenvalue weighted by atomic mass is 16.6. The van der Waals surface area contributed by atoms with Crippen LogP contribution in [0, 0.1) is 0 Å². The molecule has 6 heteroatoms. The molecule has 2 aromatic rings. The zero-order valence-electron chi connectivity index (χ0n) is 15.0. The maximum atomic E-state index is 12.3. The summed E-state index contributed by atoms with van der Waals surface area (Å²) in [5.74, 6) is -0.619. The molecule has 1 amide bonds. The summed E-state index contributed by atoms with van der Waals surface area (Å²) < 4.78 is 10.7. The van der Waals surface area contributed by atoms with Crippen LogP contribution in [0.5, 0.6) is 5.75 Å². The number of likely N-dealkylation sites (N-methyl/N-ethyl adjacent to an activating group) is 1. The average Bonchev–Trinajstić information content (AvgIpc) is 2.64. The van der Waals surface area contributed by atoms with E-state index < -0.39 is 12.1 Å². The molecular weight excluding hydrogens is 334 g/mol. The van der Waals surface area contributed by atoms with Crippen LogP contribution < -0.4 is 4.74 Å². The maximum Gasteiger partial charge on any atom is 0.345 e. The number of benzene rings is 2. The summed E-state index contributed by atoms with van der Waals surface area (Å²) in [5, 5.41) is 0. The van der Waals surface area contributed by atoms with Gasteiger partial charge in [-0.25, -0.2) is 4.79 Å². The van der Waals surface area contributed by atoms with Crippen molar-refractivity contribution in [2.45, 2.75) is 13.0 Å². The number of rotatable bonds is 7. The van der Waals surface area contributed by atoms with Gasteiger partial charge in [-0.2, -0.15) is 0 Å². The van der Waals surface area contributed by atoms with Crippen molar-refractivity contribution in [3.8, 4) is 5.75 Å². The maximum absolute atomic E-state index is 12.3. The minimum Gasteiger partial charge on any atom is -0.482 e. The summed E-state index contributed by atoms with van der Waals surface area (Å²) in [6.45, 7) is 1.13. The number of Topliss-reactive ketones (excluding diaryl/α,β-unsaturated/α-hetero) is 1. The standard InChI is InChI=1S/C20H21NO5/c1-14(22)15-9-11-17(12-10-15)25-13-18(23)26-19(20(24)21(2)3)16-7-5-4-6-8-16/h4-12,19H,13H2,1-3H3/t19-/m1/s1. The first-order valence-corrected chi connectivity index (χ1v) is 8.08. The largest absolute Gasteiger partial charge is 0.482 e. The minimum atomic E-state index is -1.03. The van der Waals surface area contributed by atoms with E-state index in [9.17, 15) is 14.4 Å². The van der Waals surface area contributed by atoms with E-state index in [4.69, 9.17) is 9.47 Å². The average molecular weight is 355 g/mol. The SMILES string of the molecule is CC(=O)c1ccc(OCC(=O)O[C@@H](C(=O)N(C)C)c2ccccc2)cc1. The van der Waals surface area contributed by atoms with Crippen molar-refractivity contribution in [3.05, 3.63) is 65.7 Å². The van der Waals surface area contributed by atoms with Crippen molar-refractivity contribution < 1.29 is 23.9 Å². The Hall–Kier alpha value is -3.15. The van der Waals surface area contributed by atoms with E-state index in [2.05, 4.69) is 0 Å². The predicted octanol–water partition coefficient (Wildman–Crippen LogP) is 2.64. The summed E-state index contributed by atoms with van der Waals surface area (Å²) in [5.41, 5.74) is 1.14. The second-order valence-corrected chi connectivity index (χ2v) is 5.88. The van der Waals surface area contributed by atoms with Crippen molar-refractivity contribution in [1.82, 2.24) is 4.90 Å². The molecule has 0 radical (unpaired) electrons. The van der Waals surface area contributed by atoms with Crippen molar-refractivity contribution >= 4 is 17.7 Å². The van der Waals surface area contributed by atoms with Gasteiger partial charge in [-0.3, -0.25) is 9.59 Å². The third-order valence-electron chi connectivity index (χ3n) is 3.63. The Labute approximate surface area is 152 Å². The number of hydrogen-bond acceptors (Lipinski definition) is 5. The van der Waals surface area contributed by atoms with Gasteiger partial charge in [0.15, 0.2) is 12.4 Å². The lowest BCUT2D eigenvalue weighted by molar-refractivity contribution is -0.161. The van der Waals surface area contributed by atoms with Crippen molar-refractivity contribution in [2.24, 2.45) is 0 Å². The Kier molecular flexibility index (Phi) is 6.49. The van der Waals surface area contributed by atoms with Crippen LogP contribution in [0.2, 0.25) is 0 Å². The summed E-state index contributed by atoms with van der Waals surface area (Å²) in [7, 11) is 3.19. The van der Waals surface area contributed by atoms with Crippen molar-refractivity contribution in [2.75, 3.05) is 20.7 Å². The van der Waals surface area contributed by atoms with Crippen LogP contribution in [-0.2, 0) is 14.3 Å². The monoisotopic (exact) mass is 355 g/mol. The van der Waals surface area contributed by atoms with Gasteiger partial charge in [-0.15, -0.1) is 0 Å². The second-order valence-electron chi connectivity index (χ2n) is 5.88. The predicted molar refractivity (Wildman–Crippen MR) is 95.9 cm³/mol. The fourth-order valence-corrected chi connectivity index (χ4v) is 2.22. The summed E-state index contributed by atoms with van der Waals surface area (Å²) in [6, 6.07) is 15.2. The zero-order chi connectivity index (χ0) is 19.1. The van der Waals surface area contributed by atoms with Gasteiger partial charge in [-0.1, -0.05) is 30.3 Å². The Morgan fingerprint density at radius 2 is 1.58 bits per heavy atom. The molecule has 1 atom stereocenters. The number of hydrogen-bond donors (Lipinski definition) is 0. The fraction of sp³-hybridized carbons (Fsp3) is 0.250. The second kappa shape index (κ2) is 8.80. The van der Waals surface area contributed by atoms with Crippen LogP contribution in [0.3, 0.4) is 0 Å². The Morgan fingerprint density at radius 1 is 0.962 bits per heavy atom. The van der Waals surface area contributed by atoms with Crippen LogP contribution in [0.25, 0.3) is 0 Å². The first kappa shape index (κ1) is 19.2. The van der Waals surface area contributed by atoms with Crippen LogP contribution in [-0.4, -0.2) is 43.3 Å². The summed E-state index contributed by atoms with van der Waals surface area (Å²) in [6.07, 6.45) is -1.03. The van der Waals surface area contributed by atoms with Crippen molar-refractivity contribution in [1.29, 1.82) is 0 Å². The normalized spacial score (nSPS) is 11.3. The van der Waals surface area contributed by atoms with E-state index in [1.807, 2.05) is 6.07 Å². The van der Waals surface area contributed by atoms with Crippen LogP contribution in [0.1, 0.15) is 28.9 Å². The van der Waals surface area contributed by atoms with Crippen LogP contribution in [0.4, 0.5) is 0 Å². The topological polar surface area (TPSA) is 72.9 Å². The summed E-state index contributed by atoms with van der Waals surface area (Å²) in [4.78, 5) is 37.1. The number of carbonyl (C=O) groups is 3. The van der Waals surface area contributed by atoms with E-state index >= 15 is 0 Å². The highest BCUT2D eigenvalue weighted by Crippen LogP contribution is 2.20. The number of nitrogens with zero attached hydrogens (tertiary/aromatic N) is 1. The van der Waals surface area contributed by atoms with E-state index in [0.717, 1.165) is 0 Å². The molecule has 0 bridgehead atoms. The van der Waals surface area contributed by atoms with Gasteiger partial charge in [0.25, 0.3) is 5.91 Å². The zero-order valence-corrected chi connectivity index (χ0v) is 15.0. The van der Waals surface area contributed by atoms with Gasteiger partial charge in [0, 0.05) is 25.2 Å². The van der Waals surface area contributed by atoms with E-state index in [1.54, 1.807) is 62.6 Å². The first-order valence-electron chi connectivity index (χ1n) is 8.08. The molecule has 0 unspecified atom stereocenters. The van der Waals surface area contributed by atoms with Gasteiger partial charge in [0.2, 0.25) is 6.10 Å². The molecule has 0 aliphatic carbocycles. The van der Waals surface area contributed by atoms with E-state index in [1.165, 1.54) is 11.8 Å². The lowest BCUT2D eigenvalue weighted by Crippen LogP contribution is -2.32. The van der Waals surface area contributed by atoms with E-state index in [0.29, 0.717) is 16.9 Å². The van der Waals surface area contributed by atoms with Crippen LogP contribution in [0.15, 0.2) is 54.6 Å². The Balaban J connectivity index is 2.00. The molecule has 0 saturated heterocycles. The molecule has 0 saturated carbocycles. The molecule has 0 fully saturated rings. The van der Waals surface area contributed by atoms with Gasteiger partial charge < -0.3 is 14.4 Å². The molecule has 0 aromatic heterocycles. The lowest BCUT2D eigenvalue weighted by atomic mass is 10.1. The Morgan fingerprint density at radius 3 is 2.12 bits per heavy atom. The molecule has 0 spiro atoms. The number of ether oxygens (including phenoxy) is 2. The molecular formula is C20H21NO5. The quantitative estimate of drug-likeness (QED) is 0.564. The first-order chi connectivity index (χ1) is 12.4. The highest BCUT2D eigenvalue weighted by molar-refractivity contribution is 5.94. The number of carbonyl (C=O) groups excluding carboxylic acids is 3. The molecule has 2 aromatic carbocycles. The molecule has 0 aliphatic rings. The minimum absolute atomic E-state index is 0.0520. The lowest BCUT2D eigenvalue weighted by Gasteiger charge is -2.21. The van der Waals surface area contributed by atoms with Gasteiger partial charge in [-0.05, 0) is 31.2 Å². The molecule has 136 valence electrons. The summed E-state index contributed by atoms with van der Waals surface area (Å²) >= 11 is 0.